The van der Waals surface area contributed by atoms with E-state index in [0.29, 0.717) is 11.3 Å². The number of aromatic nitrogens is 3. The van der Waals surface area contributed by atoms with Crippen molar-refractivity contribution in [2.45, 2.75) is 0 Å². The molecule has 0 atom stereocenters. The number of carboxylic acids is 1. The van der Waals surface area contributed by atoms with Crippen molar-refractivity contribution in [1.82, 2.24) is 14.6 Å². The van der Waals surface area contributed by atoms with Crippen LogP contribution in [0.5, 0.6) is 0 Å². The summed E-state index contributed by atoms with van der Waals surface area (Å²) in [6, 6.07) is 8.77. The van der Waals surface area contributed by atoms with Crippen LogP contribution in [0.25, 0.3) is 16.8 Å². The van der Waals surface area contributed by atoms with Gasteiger partial charge in [-0.15, -0.1) is 0 Å². The highest BCUT2D eigenvalue weighted by Gasteiger charge is 2.10. The number of carbonyl (C=O) groups is 1. The predicted molar refractivity (Wildman–Crippen MR) is 69.8 cm³/mol. The van der Waals surface area contributed by atoms with Gasteiger partial charge >= 0.3 is 5.97 Å². The fraction of sp³-hybridized carbons (Fsp3) is 0. The van der Waals surface area contributed by atoms with Crippen molar-refractivity contribution in [3.05, 3.63) is 48.4 Å². The number of rotatable bonds is 2. The second-order valence-electron chi connectivity index (χ2n) is 4.10. The van der Waals surface area contributed by atoms with E-state index >= 15 is 0 Å². The molecule has 2 heterocycles. The highest BCUT2D eigenvalue weighted by molar-refractivity contribution is 5.86. The van der Waals surface area contributed by atoms with Gasteiger partial charge in [-0.3, -0.25) is 0 Å². The summed E-state index contributed by atoms with van der Waals surface area (Å²) in [6.45, 7) is 0. The Morgan fingerprint density at radius 3 is 2.63 bits per heavy atom. The van der Waals surface area contributed by atoms with Crippen molar-refractivity contribution in [2.24, 2.45) is 0 Å². The Bertz CT molecular complexity index is 762. The molecule has 0 amide bonds. The van der Waals surface area contributed by atoms with Gasteiger partial charge in [0.2, 0.25) is 0 Å². The number of hydrogen-bond donors (Lipinski definition) is 2. The molecule has 0 radical (unpaired) electrons. The highest BCUT2D eigenvalue weighted by Crippen LogP contribution is 2.20. The summed E-state index contributed by atoms with van der Waals surface area (Å²) in [5.74, 6) is -1.07. The second kappa shape index (κ2) is 4.09. The zero-order chi connectivity index (χ0) is 13.4. The summed E-state index contributed by atoms with van der Waals surface area (Å²) in [7, 11) is 0. The van der Waals surface area contributed by atoms with Crippen LogP contribution in [0.4, 0.5) is 5.69 Å². The van der Waals surface area contributed by atoms with E-state index in [1.807, 2.05) is 12.1 Å². The van der Waals surface area contributed by atoms with Crippen LogP contribution in [-0.2, 0) is 0 Å². The maximum Gasteiger partial charge on any atom is 0.356 e. The van der Waals surface area contributed by atoms with Crippen LogP contribution in [0.2, 0.25) is 0 Å². The third-order valence-electron chi connectivity index (χ3n) is 2.78. The van der Waals surface area contributed by atoms with Crippen LogP contribution in [-0.4, -0.2) is 25.7 Å². The summed E-state index contributed by atoms with van der Waals surface area (Å²) in [6.07, 6.45) is 3.41. The van der Waals surface area contributed by atoms with Gasteiger partial charge in [0, 0.05) is 29.7 Å². The molecule has 6 nitrogen and oxygen atoms in total. The molecule has 1 aromatic carbocycles. The van der Waals surface area contributed by atoms with E-state index in [-0.39, 0.29) is 5.69 Å². The van der Waals surface area contributed by atoms with Gasteiger partial charge in [0.15, 0.2) is 11.3 Å². The Hall–Kier alpha value is -2.89. The Morgan fingerprint density at radius 2 is 1.95 bits per heavy atom. The molecule has 0 saturated carbocycles. The fourth-order valence-corrected chi connectivity index (χ4v) is 1.81. The Labute approximate surface area is 108 Å². The van der Waals surface area contributed by atoms with Gasteiger partial charge in [-0.1, -0.05) is 12.1 Å². The SMILES string of the molecule is Nc1ccc(-c2cnc3cc(C(=O)O)nn3c2)cc1. The van der Waals surface area contributed by atoms with Crippen molar-refractivity contribution in [3.8, 4) is 11.1 Å². The molecular formula is C13H10N4O2. The third-order valence-corrected chi connectivity index (χ3v) is 2.78. The van der Waals surface area contributed by atoms with Gasteiger partial charge < -0.3 is 10.8 Å². The highest BCUT2D eigenvalue weighted by atomic mass is 16.4. The quantitative estimate of drug-likeness (QED) is 0.678. The first-order valence-corrected chi connectivity index (χ1v) is 5.58. The molecule has 94 valence electrons. The smallest absolute Gasteiger partial charge is 0.356 e. The average molecular weight is 254 g/mol. The zero-order valence-electron chi connectivity index (χ0n) is 9.82. The van der Waals surface area contributed by atoms with Crippen LogP contribution in [0, 0.1) is 0 Å². The molecule has 0 bridgehead atoms. The van der Waals surface area contributed by atoms with E-state index in [2.05, 4.69) is 10.1 Å². The fourth-order valence-electron chi connectivity index (χ4n) is 1.81. The lowest BCUT2D eigenvalue weighted by Crippen LogP contribution is -1.97. The number of nitrogens with zero attached hydrogens (tertiary/aromatic N) is 3. The standard InChI is InChI=1S/C13H10N4O2/c14-10-3-1-8(2-4-10)9-6-15-12-5-11(13(18)19)16-17(12)7-9/h1-7H,14H2,(H,18,19). The number of hydrogen-bond acceptors (Lipinski definition) is 4. The minimum atomic E-state index is -1.07. The van der Waals surface area contributed by atoms with Gasteiger partial charge in [0.25, 0.3) is 0 Å². The molecule has 2 aromatic heterocycles. The number of nitrogens with two attached hydrogens (primary N) is 1. The molecule has 6 heteroatoms. The minimum Gasteiger partial charge on any atom is -0.476 e. The average Bonchev–Trinajstić information content (AvgIpc) is 2.82. The number of nitrogen functional groups attached to an aromatic ring is 1. The largest absolute Gasteiger partial charge is 0.476 e. The molecule has 0 unspecified atom stereocenters. The molecule has 0 aliphatic rings. The van der Waals surface area contributed by atoms with E-state index < -0.39 is 5.97 Å². The Kier molecular flexibility index (Phi) is 2.42. The van der Waals surface area contributed by atoms with E-state index in [1.54, 1.807) is 24.5 Å². The molecule has 3 rings (SSSR count). The van der Waals surface area contributed by atoms with E-state index in [9.17, 15) is 4.79 Å². The van der Waals surface area contributed by atoms with Crippen molar-refractivity contribution >= 4 is 17.3 Å². The first-order chi connectivity index (χ1) is 9.13. The molecule has 0 spiro atoms. The second-order valence-corrected chi connectivity index (χ2v) is 4.10. The first kappa shape index (κ1) is 11.2. The molecule has 3 aromatic rings. The van der Waals surface area contributed by atoms with Crippen LogP contribution in [0.3, 0.4) is 0 Å². The topological polar surface area (TPSA) is 93.5 Å². The lowest BCUT2D eigenvalue weighted by Gasteiger charge is -2.02. The number of benzene rings is 1. The summed E-state index contributed by atoms with van der Waals surface area (Å²) in [5, 5.41) is 12.8. The number of anilines is 1. The third kappa shape index (κ3) is 1.99. The molecule has 0 aliphatic carbocycles. The van der Waals surface area contributed by atoms with E-state index in [4.69, 9.17) is 10.8 Å². The Morgan fingerprint density at radius 1 is 1.21 bits per heavy atom. The van der Waals surface area contributed by atoms with Crippen molar-refractivity contribution in [3.63, 3.8) is 0 Å². The van der Waals surface area contributed by atoms with Crippen LogP contribution in [0.1, 0.15) is 10.5 Å². The zero-order valence-corrected chi connectivity index (χ0v) is 9.82. The first-order valence-electron chi connectivity index (χ1n) is 5.58. The lowest BCUT2D eigenvalue weighted by atomic mass is 10.1. The number of carboxylic acid groups (broad SMARTS) is 1. The molecular weight excluding hydrogens is 244 g/mol. The number of fused-ring (bicyclic) bond motifs is 1. The number of aromatic carboxylic acids is 1. The van der Waals surface area contributed by atoms with Gasteiger partial charge in [0.1, 0.15) is 0 Å². The maximum atomic E-state index is 10.8. The van der Waals surface area contributed by atoms with Crippen molar-refractivity contribution in [2.75, 3.05) is 5.73 Å². The van der Waals surface area contributed by atoms with Crippen molar-refractivity contribution < 1.29 is 9.90 Å². The summed E-state index contributed by atoms with van der Waals surface area (Å²) >= 11 is 0. The molecule has 19 heavy (non-hydrogen) atoms. The van der Waals surface area contributed by atoms with Crippen LogP contribution >= 0.6 is 0 Å². The van der Waals surface area contributed by atoms with Crippen LogP contribution < -0.4 is 5.73 Å². The summed E-state index contributed by atoms with van der Waals surface area (Å²) in [5.41, 5.74) is 8.57. The van der Waals surface area contributed by atoms with E-state index in [0.717, 1.165) is 11.1 Å². The normalized spacial score (nSPS) is 10.7. The minimum absolute atomic E-state index is 0.0260. The summed E-state index contributed by atoms with van der Waals surface area (Å²) in [4.78, 5) is 15.0. The molecule has 0 aliphatic heterocycles. The van der Waals surface area contributed by atoms with Gasteiger partial charge in [-0.05, 0) is 17.7 Å². The maximum absolute atomic E-state index is 10.8. The molecule has 0 saturated heterocycles. The van der Waals surface area contributed by atoms with E-state index in [1.165, 1.54) is 10.6 Å². The molecule has 3 N–H and O–H groups in total. The van der Waals surface area contributed by atoms with Gasteiger partial charge in [-0.2, -0.15) is 5.10 Å². The summed E-state index contributed by atoms with van der Waals surface area (Å²) < 4.78 is 1.45. The van der Waals surface area contributed by atoms with Crippen molar-refractivity contribution in [1.29, 1.82) is 0 Å². The molecule has 0 fully saturated rings. The predicted octanol–water partition coefficient (Wildman–Crippen LogP) is 1.68. The van der Waals surface area contributed by atoms with Gasteiger partial charge in [-0.25, -0.2) is 14.3 Å². The monoisotopic (exact) mass is 254 g/mol. The lowest BCUT2D eigenvalue weighted by molar-refractivity contribution is 0.0690. The van der Waals surface area contributed by atoms with Crippen LogP contribution in [0.15, 0.2) is 42.7 Å². The van der Waals surface area contributed by atoms with Gasteiger partial charge in [0.05, 0.1) is 0 Å². The Balaban J connectivity index is 2.10.